The second-order valence-corrected chi connectivity index (χ2v) is 8.40. The molecule has 0 atom stereocenters. The molecule has 0 spiro atoms. The van der Waals surface area contributed by atoms with Crippen molar-refractivity contribution >= 4 is 52.3 Å². The maximum atomic E-state index is 12.8. The highest BCUT2D eigenvalue weighted by Crippen LogP contribution is 2.34. The molecule has 1 saturated carbocycles. The molecule has 30 heavy (non-hydrogen) atoms. The quantitative estimate of drug-likeness (QED) is 0.387. The fraction of sp³-hybridized carbons (Fsp3) is 0.250. The van der Waals surface area contributed by atoms with E-state index in [2.05, 4.69) is 10.2 Å². The molecule has 1 aliphatic rings. The van der Waals surface area contributed by atoms with Crippen LogP contribution in [0, 0.1) is 0 Å². The fourth-order valence-corrected chi connectivity index (χ4v) is 3.53. The predicted octanol–water partition coefficient (Wildman–Crippen LogP) is 5.92. The Bertz CT molecular complexity index is 1070. The van der Waals surface area contributed by atoms with Gasteiger partial charge in [0.15, 0.2) is 6.61 Å². The molecule has 0 bridgehead atoms. The molecule has 156 valence electrons. The fourth-order valence-electron chi connectivity index (χ4n) is 2.82. The minimum Gasteiger partial charge on any atom is -0.482 e. The number of hydrogen-bond acceptors (Lipinski definition) is 5. The number of nitrogens with zero attached hydrogens (tertiary/aromatic N) is 3. The largest absolute Gasteiger partial charge is 0.482 e. The van der Waals surface area contributed by atoms with Gasteiger partial charge in [-0.15, -0.1) is 10.2 Å². The normalized spacial score (nSPS) is 13.3. The summed E-state index contributed by atoms with van der Waals surface area (Å²) in [6.45, 7) is -0.00504. The van der Waals surface area contributed by atoms with E-state index in [1.54, 1.807) is 29.2 Å². The number of aromatic nitrogens is 2. The summed E-state index contributed by atoms with van der Waals surface area (Å²) in [5.41, 5.74) is 0.750. The molecule has 6 nitrogen and oxygen atoms in total. The van der Waals surface area contributed by atoms with Crippen molar-refractivity contribution in [3.8, 4) is 17.2 Å². The van der Waals surface area contributed by atoms with Crippen LogP contribution < -0.4 is 4.74 Å². The summed E-state index contributed by atoms with van der Waals surface area (Å²) in [5, 5.41) is 9.62. The molecule has 0 radical (unpaired) electrons. The van der Waals surface area contributed by atoms with Gasteiger partial charge in [0, 0.05) is 22.7 Å². The Labute approximate surface area is 192 Å². The maximum Gasteiger partial charge on any atom is 0.261 e. The minimum atomic E-state index is -0.217. The van der Waals surface area contributed by atoms with Crippen LogP contribution in [0.4, 0.5) is 0 Å². The predicted molar refractivity (Wildman–Crippen MR) is 115 cm³/mol. The smallest absolute Gasteiger partial charge is 0.261 e. The van der Waals surface area contributed by atoms with E-state index in [-0.39, 0.29) is 35.9 Å². The summed E-state index contributed by atoms with van der Waals surface area (Å²) < 4.78 is 11.3. The van der Waals surface area contributed by atoms with Gasteiger partial charge in [-0.3, -0.25) is 4.79 Å². The molecule has 0 aliphatic heterocycles. The van der Waals surface area contributed by atoms with Crippen molar-refractivity contribution in [2.24, 2.45) is 0 Å². The molecule has 2 aromatic carbocycles. The van der Waals surface area contributed by atoms with E-state index in [1.165, 1.54) is 12.1 Å². The van der Waals surface area contributed by atoms with Crippen LogP contribution in [-0.4, -0.2) is 33.7 Å². The number of hydrogen-bond donors (Lipinski definition) is 0. The first kappa shape index (κ1) is 21.2. The number of carbonyl (C=O) groups is 1. The van der Waals surface area contributed by atoms with Crippen LogP contribution in [0.1, 0.15) is 18.7 Å². The molecular formula is C20H15Cl4N3O3. The Hall–Kier alpha value is -1.99. The van der Waals surface area contributed by atoms with Gasteiger partial charge in [0.2, 0.25) is 11.8 Å². The third kappa shape index (κ3) is 5.01. The second-order valence-electron chi connectivity index (χ2n) is 6.75. The van der Waals surface area contributed by atoms with Crippen molar-refractivity contribution in [1.29, 1.82) is 0 Å². The molecule has 4 rings (SSSR count). The van der Waals surface area contributed by atoms with E-state index >= 15 is 0 Å². The van der Waals surface area contributed by atoms with Crippen LogP contribution in [0.15, 0.2) is 40.8 Å². The lowest BCUT2D eigenvalue weighted by Crippen LogP contribution is -2.36. The first-order chi connectivity index (χ1) is 14.4. The first-order valence-corrected chi connectivity index (χ1v) is 10.6. The Morgan fingerprint density at radius 2 is 1.73 bits per heavy atom. The van der Waals surface area contributed by atoms with Gasteiger partial charge in [-0.05, 0) is 43.2 Å². The molecule has 0 N–H and O–H groups in total. The molecule has 0 saturated heterocycles. The highest BCUT2D eigenvalue weighted by molar-refractivity contribution is 6.43. The van der Waals surface area contributed by atoms with E-state index < -0.39 is 0 Å². The lowest BCUT2D eigenvalue weighted by atomic mass is 10.2. The zero-order valence-electron chi connectivity index (χ0n) is 15.4. The van der Waals surface area contributed by atoms with Gasteiger partial charge in [0.25, 0.3) is 5.91 Å². The highest BCUT2D eigenvalue weighted by atomic mass is 35.5. The molecule has 1 aliphatic carbocycles. The van der Waals surface area contributed by atoms with E-state index in [9.17, 15) is 4.79 Å². The number of ether oxygens (including phenoxy) is 1. The molecule has 1 fully saturated rings. The Kier molecular flexibility index (Phi) is 6.39. The zero-order chi connectivity index (χ0) is 21.3. The van der Waals surface area contributed by atoms with Crippen molar-refractivity contribution in [2.75, 3.05) is 6.61 Å². The van der Waals surface area contributed by atoms with E-state index in [1.807, 2.05) is 0 Å². The summed E-state index contributed by atoms with van der Waals surface area (Å²) in [6, 6.07) is 10.1. The zero-order valence-corrected chi connectivity index (χ0v) is 18.5. The van der Waals surface area contributed by atoms with Crippen LogP contribution in [0.3, 0.4) is 0 Å². The van der Waals surface area contributed by atoms with Gasteiger partial charge >= 0.3 is 0 Å². The van der Waals surface area contributed by atoms with Gasteiger partial charge < -0.3 is 14.1 Å². The van der Waals surface area contributed by atoms with Crippen molar-refractivity contribution < 1.29 is 13.9 Å². The van der Waals surface area contributed by atoms with E-state index in [4.69, 9.17) is 55.6 Å². The lowest BCUT2D eigenvalue weighted by Gasteiger charge is -2.21. The number of rotatable bonds is 7. The van der Waals surface area contributed by atoms with Crippen LogP contribution in [0.2, 0.25) is 20.1 Å². The number of carbonyl (C=O) groups excluding carboxylic acids is 1. The molecule has 0 unspecified atom stereocenters. The number of halogens is 4. The standard InChI is InChI=1S/C20H15Cl4N3O3/c21-12-3-1-11(2-4-12)20-26-25-18(30-20)9-27(13-5-6-13)19(28)10-29-17-8-15(23)14(22)7-16(17)24/h1-4,7-8,13H,5-6,9-10H2. The van der Waals surface area contributed by atoms with Gasteiger partial charge in [-0.2, -0.15) is 0 Å². The van der Waals surface area contributed by atoms with Crippen LogP contribution in [0.5, 0.6) is 5.75 Å². The average molecular weight is 487 g/mol. The average Bonchev–Trinajstić information content (AvgIpc) is 3.46. The Morgan fingerprint density at radius 3 is 2.43 bits per heavy atom. The Morgan fingerprint density at radius 1 is 1.03 bits per heavy atom. The van der Waals surface area contributed by atoms with Gasteiger partial charge in [-0.1, -0.05) is 46.4 Å². The van der Waals surface area contributed by atoms with Crippen molar-refractivity contribution in [3.05, 3.63) is 62.4 Å². The number of benzene rings is 2. The summed E-state index contributed by atoms with van der Waals surface area (Å²) in [6.07, 6.45) is 1.83. The molecule has 1 aromatic heterocycles. The monoisotopic (exact) mass is 485 g/mol. The third-order valence-electron chi connectivity index (χ3n) is 4.50. The third-order valence-corrected chi connectivity index (χ3v) is 5.77. The topological polar surface area (TPSA) is 68.5 Å². The molecule has 10 heteroatoms. The van der Waals surface area contributed by atoms with Gasteiger partial charge in [0.1, 0.15) is 5.75 Å². The van der Waals surface area contributed by atoms with Gasteiger partial charge in [0.05, 0.1) is 21.6 Å². The Balaban J connectivity index is 1.42. The summed E-state index contributed by atoms with van der Waals surface area (Å²) in [5.74, 6) is 0.778. The lowest BCUT2D eigenvalue weighted by molar-refractivity contribution is -0.134. The molecular weight excluding hydrogens is 472 g/mol. The second kappa shape index (κ2) is 9.02. The van der Waals surface area contributed by atoms with Crippen molar-refractivity contribution in [2.45, 2.75) is 25.4 Å². The van der Waals surface area contributed by atoms with E-state index in [0.717, 1.165) is 18.4 Å². The van der Waals surface area contributed by atoms with E-state index in [0.29, 0.717) is 26.8 Å². The minimum absolute atomic E-state index is 0.122. The molecule has 1 heterocycles. The summed E-state index contributed by atoms with van der Waals surface area (Å²) in [7, 11) is 0. The van der Waals surface area contributed by atoms with Gasteiger partial charge in [-0.25, -0.2) is 0 Å². The number of amides is 1. The molecule has 1 amide bonds. The summed E-state index contributed by atoms with van der Waals surface area (Å²) in [4.78, 5) is 14.4. The summed E-state index contributed by atoms with van der Waals surface area (Å²) >= 11 is 23.9. The highest BCUT2D eigenvalue weighted by Gasteiger charge is 2.34. The maximum absolute atomic E-state index is 12.8. The molecule has 3 aromatic rings. The van der Waals surface area contributed by atoms with Crippen molar-refractivity contribution in [1.82, 2.24) is 15.1 Å². The SMILES string of the molecule is O=C(COc1cc(Cl)c(Cl)cc1Cl)N(Cc1nnc(-c2ccc(Cl)cc2)o1)C1CC1. The van der Waals surface area contributed by atoms with Crippen molar-refractivity contribution in [3.63, 3.8) is 0 Å². The van der Waals surface area contributed by atoms with Crippen LogP contribution >= 0.6 is 46.4 Å². The van der Waals surface area contributed by atoms with Crippen LogP contribution in [0.25, 0.3) is 11.5 Å². The first-order valence-electron chi connectivity index (χ1n) is 9.06. The van der Waals surface area contributed by atoms with Crippen LogP contribution in [-0.2, 0) is 11.3 Å².